The van der Waals surface area contributed by atoms with E-state index in [1.165, 1.54) is 22.3 Å². The van der Waals surface area contributed by atoms with Crippen LogP contribution in [0, 0.1) is 0 Å². The molecule has 0 radical (unpaired) electrons. The van der Waals surface area contributed by atoms with E-state index in [-0.39, 0.29) is 0 Å². The van der Waals surface area contributed by atoms with Crippen molar-refractivity contribution < 1.29 is 4.74 Å². The molecule has 4 aromatic rings. The Kier molecular flexibility index (Phi) is 4.17. The van der Waals surface area contributed by atoms with Crippen LogP contribution < -0.4 is 4.74 Å². The molecule has 0 atom stereocenters. The monoisotopic (exact) mass is 363 g/mol. The van der Waals surface area contributed by atoms with Gasteiger partial charge in [-0.3, -0.25) is 4.98 Å². The molecular weight excluding hydrogens is 342 g/mol. The lowest BCUT2D eigenvalue weighted by Crippen LogP contribution is -2.33. The second-order valence-corrected chi connectivity index (χ2v) is 7.08. The Morgan fingerprint density at radius 2 is 1.14 bits per heavy atom. The van der Waals surface area contributed by atoms with E-state index in [0.717, 1.165) is 17.9 Å². The fourth-order valence-corrected chi connectivity index (χ4v) is 4.41. The topological polar surface area (TPSA) is 22.1 Å². The predicted molar refractivity (Wildman–Crippen MR) is 112 cm³/mol. The Morgan fingerprint density at radius 3 is 1.64 bits per heavy atom. The van der Waals surface area contributed by atoms with Crippen molar-refractivity contribution in [1.82, 2.24) is 4.98 Å². The minimum Gasteiger partial charge on any atom is -0.493 e. The van der Waals surface area contributed by atoms with E-state index >= 15 is 0 Å². The van der Waals surface area contributed by atoms with Crippen LogP contribution in [-0.4, -0.2) is 11.6 Å². The molecule has 136 valence electrons. The average molecular weight is 363 g/mol. The molecule has 1 aliphatic rings. The maximum Gasteiger partial charge on any atom is 0.126 e. The number of nitrogens with zero attached hydrogens (tertiary/aromatic N) is 1. The van der Waals surface area contributed by atoms with Crippen LogP contribution in [0.4, 0.5) is 0 Å². The number of hydrogen-bond acceptors (Lipinski definition) is 2. The summed E-state index contributed by atoms with van der Waals surface area (Å²) >= 11 is 0. The summed E-state index contributed by atoms with van der Waals surface area (Å²) in [5.74, 6) is 0.956. The lowest BCUT2D eigenvalue weighted by Gasteiger charge is -2.36. The van der Waals surface area contributed by atoms with Gasteiger partial charge in [-0.15, -0.1) is 0 Å². The van der Waals surface area contributed by atoms with E-state index in [0.29, 0.717) is 6.61 Å². The van der Waals surface area contributed by atoms with Crippen molar-refractivity contribution >= 4 is 0 Å². The van der Waals surface area contributed by atoms with Gasteiger partial charge in [-0.05, 0) is 22.8 Å². The molecule has 2 heterocycles. The van der Waals surface area contributed by atoms with Gasteiger partial charge >= 0.3 is 0 Å². The molecule has 1 aromatic heterocycles. The Labute approximate surface area is 165 Å². The number of pyridine rings is 1. The molecule has 2 heteroatoms. The third-order valence-corrected chi connectivity index (χ3v) is 5.60. The minimum atomic E-state index is -0.497. The maximum absolute atomic E-state index is 5.90. The summed E-state index contributed by atoms with van der Waals surface area (Å²) in [7, 11) is 0. The van der Waals surface area contributed by atoms with Crippen LogP contribution in [0.15, 0.2) is 103 Å². The quantitative estimate of drug-likeness (QED) is 0.453. The largest absolute Gasteiger partial charge is 0.493 e. The third kappa shape index (κ3) is 2.53. The van der Waals surface area contributed by atoms with Crippen LogP contribution in [0.3, 0.4) is 0 Å². The Bertz CT molecular complexity index is 979. The molecule has 5 rings (SSSR count). The molecule has 28 heavy (non-hydrogen) atoms. The fraction of sp³-hybridized carbons (Fsp3) is 0.115. The van der Waals surface area contributed by atoms with Crippen LogP contribution in [0.1, 0.15) is 27.9 Å². The van der Waals surface area contributed by atoms with Crippen molar-refractivity contribution in [1.29, 1.82) is 0 Å². The summed E-state index contributed by atoms with van der Waals surface area (Å²) in [4.78, 5) is 4.97. The van der Waals surface area contributed by atoms with Crippen LogP contribution in [0.25, 0.3) is 0 Å². The second-order valence-electron chi connectivity index (χ2n) is 7.08. The maximum atomic E-state index is 5.90. The molecule has 3 aromatic carbocycles. The number of hydrogen-bond donors (Lipinski definition) is 0. The summed E-state index contributed by atoms with van der Waals surface area (Å²) in [6, 6.07) is 34.1. The van der Waals surface area contributed by atoms with E-state index in [9.17, 15) is 0 Å². The van der Waals surface area contributed by atoms with Gasteiger partial charge in [0.25, 0.3) is 0 Å². The standard InChI is InChI=1S/C26H21NO/c1-4-10-20(11-5-1)26(21-12-6-2-7-13-21,22-14-8-3-9-15-22)25-23-17-19-28-24(23)16-18-27-25/h1-16,18H,17,19H2. The molecule has 0 fully saturated rings. The first-order chi connectivity index (χ1) is 13.9. The zero-order valence-electron chi connectivity index (χ0n) is 15.6. The first-order valence-electron chi connectivity index (χ1n) is 9.68. The predicted octanol–water partition coefficient (Wildman–Crippen LogP) is 5.40. The molecule has 1 aliphatic heterocycles. The van der Waals surface area contributed by atoms with E-state index < -0.39 is 5.41 Å². The third-order valence-electron chi connectivity index (χ3n) is 5.60. The molecule has 0 saturated heterocycles. The van der Waals surface area contributed by atoms with Crippen molar-refractivity contribution in [3.63, 3.8) is 0 Å². The van der Waals surface area contributed by atoms with Crippen molar-refractivity contribution in [2.75, 3.05) is 6.61 Å². The van der Waals surface area contributed by atoms with E-state index in [2.05, 4.69) is 91.0 Å². The van der Waals surface area contributed by atoms with Gasteiger partial charge in [0.2, 0.25) is 0 Å². The number of rotatable bonds is 4. The molecule has 0 amide bonds. The summed E-state index contributed by atoms with van der Waals surface area (Å²) < 4.78 is 5.90. The van der Waals surface area contributed by atoms with Gasteiger partial charge in [0.1, 0.15) is 5.75 Å². The highest BCUT2D eigenvalue weighted by molar-refractivity contribution is 5.61. The molecule has 0 unspecified atom stereocenters. The number of fused-ring (bicyclic) bond motifs is 1. The van der Waals surface area contributed by atoms with Crippen molar-refractivity contribution in [2.45, 2.75) is 11.8 Å². The van der Waals surface area contributed by atoms with Crippen molar-refractivity contribution in [3.05, 3.63) is 131 Å². The lowest BCUT2D eigenvalue weighted by atomic mass is 9.66. The Morgan fingerprint density at radius 1 is 0.643 bits per heavy atom. The SMILES string of the molecule is c1ccc(C(c2ccccc2)(c2ccccc2)c2nccc3c2CCO3)cc1. The average Bonchev–Trinajstić information content (AvgIpc) is 3.26. The van der Waals surface area contributed by atoms with Gasteiger partial charge in [0.05, 0.1) is 17.7 Å². The highest BCUT2D eigenvalue weighted by atomic mass is 16.5. The van der Waals surface area contributed by atoms with Gasteiger partial charge in [0, 0.05) is 18.2 Å². The van der Waals surface area contributed by atoms with Gasteiger partial charge in [-0.2, -0.15) is 0 Å². The van der Waals surface area contributed by atoms with Crippen molar-refractivity contribution in [2.24, 2.45) is 0 Å². The Balaban J connectivity index is 1.93. The van der Waals surface area contributed by atoms with E-state index in [1.54, 1.807) is 0 Å². The Hall–Kier alpha value is -3.39. The minimum absolute atomic E-state index is 0.497. The van der Waals surface area contributed by atoms with E-state index in [4.69, 9.17) is 9.72 Å². The normalized spacial score (nSPS) is 13.0. The molecule has 0 aliphatic carbocycles. The first kappa shape index (κ1) is 16.8. The number of benzene rings is 3. The van der Waals surface area contributed by atoms with Gasteiger partial charge in [0.15, 0.2) is 0 Å². The zero-order chi connectivity index (χ0) is 18.8. The van der Waals surface area contributed by atoms with Gasteiger partial charge in [-0.1, -0.05) is 91.0 Å². The highest BCUT2D eigenvalue weighted by Crippen LogP contribution is 2.47. The molecule has 2 nitrogen and oxygen atoms in total. The summed E-state index contributed by atoms with van der Waals surface area (Å²) in [6.45, 7) is 0.711. The smallest absolute Gasteiger partial charge is 0.126 e. The van der Waals surface area contributed by atoms with Crippen molar-refractivity contribution in [3.8, 4) is 5.75 Å². The first-order valence-corrected chi connectivity index (χ1v) is 9.68. The summed E-state index contributed by atoms with van der Waals surface area (Å²) in [5, 5.41) is 0. The fourth-order valence-electron chi connectivity index (χ4n) is 4.41. The molecule has 0 N–H and O–H groups in total. The van der Waals surface area contributed by atoms with Gasteiger partial charge in [-0.25, -0.2) is 0 Å². The number of aromatic nitrogens is 1. The van der Waals surface area contributed by atoms with Crippen LogP contribution >= 0.6 is 0 Å². The summed E-state index contributed by atoms with van der Waals surface area (Å²) in [6.07, 6.45) is 2.76. The highest BCUT2D eigenvalue weighted by Gasteiger charge is 2.42. The van der Waals surface area contributed by atoms with Gasteiger partial charge < -0.3 is 4.74 Å². The molecule has 0 spiro atoms. The lowest BCUT2D eigenvalue weighted by molar-refractivity contribution is 0.356. The van der Waals surface area contributed by atoms with Crippen LogP contribution in [0.2, 0.25) is 0 Å². The molecular formula is C26H21NO. The zero-order valence-corrected chi connectivity index (χ0v) is 15.6. The molecule has 0 saturated carbocycles. The summed E-state index contributed by atoms with van der Waals surface area (Å²) in [5.41, 5.74) is 5.40. The molecule has 0 bridgehead atoms. The second kappa shape index (κ2) is 6.97. The van der Waals surface area contributed by atoms with E-state index in [1.807, 2.05) is 12.3 Å². The van der Waals surface area contributed by atoms with Crippen LogP contribution in [0.5, 0.6) is 5.75 Å². The number of ether oxygens (including phenoxy) is 1. The van der Waals surface area contributed by atoms with Crippen LogP contribution in [-0.2, 0) is 11.8 Å².